The quantitative estimate of drug-likeness (QED) is 0.623. The molecular formula is C17H22Cl2N6O. The van der Waals surface area contributed by atoms with E-state index in [1.54, 1.807) is 10.9 Å². The zero-order chi connectivity index (χ0) is 16.9. The Kier molecular flexibility index (Phi) is 8.44. The van der Waals surface area contributed by atoms with E-state index in [0.29, 0.717) is 24.5 Å². The van der Waals surface area contributed by atoms with Gasteiger partial charge in [-0.15, -0.1) is 29.9 Å². The Hall–Kier alpha value is -2.22. The van der Waals surface area contributed by atoms with E-state index in [2.05, 4.69) is 20.6 Å². The fraction of sp³-hybridized carbons (Fsp3) is 0.294. The fourth-order valence-electron chi connectivity index (χ4n) is 2.53. The maximum atomic E-state index is 12.2. The molecule has 3 aromatic rings. The minimum absolute atomic E-state index is 0. The molecule has 2 aromatic heterocycles. The lowest BCUT2D eigenvalue weighted by atomic mass is 10.2. The van der Waals surface area contributed by atoms with Gasteiger partial charge >= 0.3 is 0 Å². The molecule has 0 bridgehead atoms. The SMILES string of the molecule is Cc1c(C(=O)NCCCCN)nnn1-c1ccc2ncccc2c1.Cl.Cl. The van der Waals surface area contributed by atoms with Crippen LogP contribution in [-0.4, -0.2) is 39.0 Å². The lowest BCUT2D eigenvalue weighted by molar-refractivity contribution is 0.0947. The number of amides is 1. The van der Waals surface area contributed by atoms with E-state index in [0.717, 1.165) is 29.4 Å². The van der Waals surface area contributed by atoms with E-state index in [4.69, 9.17) is 5.73 Å². The Balaban J connectivity index is 0.00000169. The van der Waals surface area contributed by atoms with E-state index >= 15 is 0 Å². The van der Waals surface area contributed by atoms with E-state index in [-0.39, 0.29) is 30.7 Å². The van der Waals surface area contributed by atoms with E-state index in [9.17, 15) is 4.79 Å². The minimum atomic E-state index is -0.210. The first-order valence-electron chi connectivity index (χ1n) is 7.96. The number of pyridine rings is 1. The van der Waals surface area contributed by atoms with Gasteiger partial charge in [0.05, 0.1) is 16.9 Å². The molecule has 2 heterocycles. The van der Waals surface area contributed by atoms with Crippen LogP contribution in [0.2, 0.25) is 0 Å². The highest BCUT2D eigenvalue weighted by molar-refractivity contribution is 5.93. The molecule has 0 saturated carbocycles. The lowest BCUT2D eigenvalue weighted by Crippen LogP contribution is -2.26. The summed E-state index contributed by atoms with van der Waals surface area (Å²) in [6.07, 6.45) is 3.50. The van der Waals surface area contributed by atoms with Gasteiger partial charge in [0.15, 0.2) is 5.69 Å². The Bertz CT molecular complexity index is 867. The number of unbranched alkanes of at least 4 members (excludes halogenated alkanes) is 1. The van der Waals surface area contributed by atoms with Crippen LogP contribution in [0.3, 0.4) is 0 Å². The molecule has 0 atom stereocenters. The lowest BCUT2D eigenvalue weighted by Gasteiger charge is -2.06. The molecule has 26 heavy (non-hydrogen) atoms. The van der Waals surface area contributed by atoms with Gasteiger partial charge in [0, 0.05) is 18.1 Å². The first-order chi connectivity index (χ1) is 11.7. The van der Waals surface area contributed by atoms with E-state index < -0.39 is 0 Å². The van der Waals surface area contributed by atoms with Crippen LogP contribution < -0.4 is 11.1 Å². The monoisotopic (exact) mass is 396 g/mol. The highest BCUT2D eigenvalue weighted by Crippen LogP contribution is 2.18. The third-order valence-electron chi connectivity index (χ3n) is 3.86. The van der Waals surface area contributed by atoms with Crippen molar-refractivity contribution in [2.45, 2.75) is 19.8 Å². The summed E-state index contributed by atoms with van der Waals surface area (Å²) in [7, 11) is 0. The molecule has 0 fully saturated rings. The maximum absolute atomic E-state index is 12.2. The van der Waals surface area contributed by atoms with Gasteiger partial charge < -0.3 is 11.1 Å². The fourth-order valence-corrected chi connectivity index (χ4v) is 2.53. The maximum Gasteiger partial charge on any atom is 0.273 e. The summed E-state index contributed by atoms with van der Waals surface area (Å²) >= 11 is 0. The van der Waals surface area contributed by atoms with Gasteiger partial charge in [0.1, 0.15) is 0 Å². The number of hydrogen-bond donors (Lipinski definition) is 2. The van der Waals surface area contributed by atoms with E-state index in [1.807, 2.05) is 37.3 Å². The molecule has 0 saturated heterocycles. The van der Waals surface area contributed by atoms with Crippen LogP contribution in [0.15, 0.2) is 36.5 Å². The topological polar surface area (TPSA) is 98.7 Å². The molecular weight excluding hydrogens is 375 g/mol. The van der Waals surface area contributed by atoms with Crippen LogP contribution in [0.4, 0.5) is 0 Å². The number of carbonyl (C=O) groups excluding carboxylic acids is 1. The standard InChI is InChI=1S/C17H20N6O.2ClH/c1-12-16(17(24)20-9-3-2-8-18)21-22-23(12)14-6-7-15-13(11-14)5-4-10-19-15;;/h4-7,10-11H,2-3,8-9,18H2,1H3,(H,20,24);2*1H. The first kappa shape index (κ1) is 21.8. The Morgan fingerprint density at radius 3 is 2.81 bits per heavy atom. The van der Waals surface area contributed by atoms with Crippen molar-refractivity contribution in [3.63, 3.8) is 0 Å². The highest BCUT2D eigenvalue weighted by Gasteiger charge is 2.17. The zero-order valence-electron chi connectivity index (χ0n) is 14.4. The number of hydrogen-bond acceptors (Lipinski definition) is 5. The van der Waals surface area contributed by atoms with Gasteiger partial charge in [0.25, 0.3) is 5.91 Å². The van der Waals surface area contributed by atoms with Crippen molar-refractivity contribution in [1.82, 2.24) is 25.3 Å². The Labute approximate surface area is 164 Å². The second-order valence-corrected chi connectivity index (χ2v) is 5.57. The number of nitrogens with one attached hydrogen (secondary N) is 1. The number of nitrogens with zero attached hydrogens (tertiary/aromatic N) is 4. The summed E-state index contributed by atoms with van der Waals surface area (Å²) in [5, 5.41) is 12.0. The van der Waals surface area contributed by atoms with E-state index in [1.165, 1.54) is 0 Å². The molecule has 0 radical (unpaired) electrons. The molecule has 0 aliphatic carbocycles. The largest absolute Gasteiger partial charge is 0.351 e. The second kappa shape index (κ2) is 10.1. The molecule has 0 spiro atoms. The van der Waals surface area contributed by atoms with Crippen molar-refractivity contribution in [2.75, 3.05) is 13.1 Å². The number of carbonyl (C=O) groups is 1. The average Bonchev–Trinajstić information content (AvgIpc) is 2.99. The summed E-state index contributed by atoms with van der Waals surface area (Å²) in [5.41, 5.74) is 8.25. The number of nitrogens with two attached hydrogens (primary N) is 1. The van der Waals surface area contributed by atoms with Crippen molar-refractivity contribution < 1.29 is 4.79 Å². The van der Waals surface area contributed by atoms with Gasteiger partial charge in [-0.3, -0.25) is 9.78 Å². The Morgan fingerprint density at radius 2 is 2.04 bits per heavy atom. The third-order valence-corrected chi connectivity index (χ3v) is 3.86. The second-order valence-electron chi connectivity index (χ2n) is 5.57. The van der Waals surface area contributed by atoms with Gasteiger partial charge in [-0.05, 0) is 50.6 Å². The summed E-state index contributed by atoms with van der Waals surface area (Å²) in [4.78, 5) is 16.5. The van der Waals surface area contributed by atoms with Crippen LogP contribution in [0.1, 0.15) is 29.0 Å². The van der Waals surface area contributed by atoms with Crippen molar-refractivity contribution in [3.05, 3.63) is 47.9 Å². The number of rotatable bonds is 6. The number of halogens is 2. The molecule has 0 aliphatic rings. The van der Waals surface area contributed by atoms with Crippen LogP contribution >= 0.6 is 24.8 Å². The Morgan fingerprint density at radius 1 is 1.23 bits per heavy atom. The molecule has 7 nitrogen and oxygen atoms in total. The third kappa shape index (κ3) is 4.69. The molecule has 0 unspecified atom stereocenters. The number of aromatic nitrogens is 4. The molecule has 3 rings (SSSR count). The van der Waals surface area contributed by atoms with Crippen LogP contribution in [0.5, 0.6) is 0 Å². The predicted molar refractivity (Wildman–Crippen MR) is 107 cm³/mol. The zero-order valence-corrected chi connectivity index (χ0v) is 16.0. The van der Waals surface area contributed by atoms with Crippen LogP contribution in [0.25, 0.3) is 16.6 Å². The summed E-state index contributed by atoms with van der Waals surface area (Å²) in [6, 6.07) is 9.70. The smallest absolute Gasteiger partial charge is 0.273 e. The molecule has 0 aliphatic heterocycles. The van der Waals surface area contributed by atoms with Crippen molar-refractivity contribution in [2.24, 2.45) is 5.73 Å². The summed E-state index contributed by atoms with van der Waals surface area (Å²) in [6.45, 7) is 3.05. The van der Waals surface area contributed by atoms with Gasteiger partial charge in [0.2, 0.25) is 0 Å². The van der Waals surface area contributed by atoms with Crippen molar-refractivity contribution >= 4 is 41.6 Å². The van der Waals surface area contributed by atoms with Gasteiger partial charge in [-0.1, -0.05) is 11.3 Å². The molecule has 3 N–H and O–H groups in total. The molecule has 1 amide bonds. The average molecular weight is 397 g/mol. The minimum Gasteiger partial charge on any atom is -0.351 e. The van der Waals surface area contributed by atoms with Gasteiger partial charge in [-0.2, -0.15) is 0 Å². The summed E-state index contributed by atoms with van der Waals surface area (Å²) in [5.74, 6) is -0.210. The molecule has 140 valence electrons. The normalized spacial score (nSPS) is 10.1. The first-order valence-corrected chi connectivity index (χ1v) is 7.96. The van der Waals surface area contributed by atoms with Crippen molar-refractivity contribution in [1.29, 1.82) is 0 Å². The summed E-state index contributed by atoms with van der Waals surface area (Å²) < 4.78 is 1.67. The van der Waals surface area contributed by atoms with Crippen molar-refractivity contribution in [3.8, 4) is 5.69 Å². The number of benzene rings is 1. The molecule has 9 heteroatoms. The van der Waals surface area contributed by atoms with Crippen LogP contribution in [0, 0.1) is 6.92 Å². The molecule has 1 aromatic carbocycles. The van der Waals surface area contributed by atoms with Gasteiger partial charge in [-0.25, -0.2) is 4.68 Å². The predicted octanol–water partition coefficient (Wildman–Crippen LogP) is 2.44. The van der Waals surface area contributed by atoms with Crippen LogP contribution in [-0.2, 0) is 0 Å². The number of fused-ring (bicyclic) bond motifs is 1. The highest BCUT2D eigenvalue weighted by atomic mass is 35.5.